The van der Waals surface area contributed by atoms with Gasteiger partial charge in [-0.15, -0.1) is 0 Å². The molecule has 24 heavy (non-hydrogen) atoms. The average Bonchev–Trinajstić information content (AvgIpc) is 3.16. The number of carbonyl (C=O) groups excluding carboxylic acids is 1. The molecule has 0 saturated carbocycles. The molecule has 1 aromatic carbocycles. The van der Waals surface area contributed by atoms with Crippen molar-refractivity contribution < 1.29 is 4.79 Å². The molecule has 130 valence electrons. The van der Waals surface area contributed by atoms with Crippen molar-refractivity contribution in [3.8, 4) is 0 Å². The van der Waals surface area contributed by atoms with Gasteiger partial charge in [0, 0.05) is 49.2 Å². The van der Waals surface area contributed by atoms with Crippen molar-refractivity contribution >= 4 is 17.3 Å². The molecule has 1 aromatic rings. The van der Waals surface area contributed by atoms with Gasteiger partial charge in [-0.05, 0) is 56.9 Å². The quantitative estimate of drug-likeness (QED) is 0.898. The fourth-order valence-corrected chi connectivity index (χ4v) is 3.42. The minimum atomic E-state index is 0.171. The maximum Gasteiger partial charge on any atom is 0.223 e. The summed E-state index contributed by atoms with van der Waals surface area (Å²) in [4.78, 5) is 16.9. The van der Waals surface area contributed by atoms with Gasteiger partial charge < -0.3 is 15.1 Å². The molecule has 1 atom stereocenters. The third-order valence-electron chi connectivity index (χ3n) is 5.24. The summed E-state index contributed by atoms with van der Waals surface area (Å²) >= 11 is 0. The van der Waals surface area contributed by atoms with E-state index in [9.17, 15) is 4.79 Å². The number of anilines is 2. The minimum Gasteiger partial charge on any atom is -0.371 e. The van der Waals surface area contributed by atoms with Crippen molar-refractivity contribution in [2.24, 2.45) is 5.92 Å². The highest BCUT2D eigenvalue weighted by Crippen LogP contribution is 2.27. The van der Waals surface area contributed by atoms with Crippen molar-refractivity contribution in [3.05, 3.63) is 36.5 Å². The van der Waals surface area contributed by atoms with E-state index in [4.69, 9.17) is 0 Å². The first-order chi connectivity index (χ1) is 11.7. The zero-order chi connectivity index (χ0) is 16.9. The van der Waals surface area contributed by atoms with Gasteiger partial charge in [0.1, 0.15) is 0 Å². The number of hydrogen-bond acceptors (Lipinski definition) is 3. The van der Waals surface area contributed by atoms with E-state index in [-0.39, 0.29) is 17.9 Å². The van der Waals surface area contributed by atoms with Crippen LogP contribution in [0, 0.1) is 5.92 Å². The first kappa shape index (κ1) is 16.9. The molecular weight excluding hydrogens is 298 g/mol. The molecule has 0 bridgehead atoms. The number of amides is 1. The van der Waals surface area contributed by atoms with Crippen molar-refractivity contribution in [2.75, 3.05) is 29.4 Å². The second kappa shape index (κ2) is 7.73. The first-order valence-electron chi connectivity index (χ1n) is 9.26. The summed E-state index contributed by atoms with van der Waals surface area (Å²) in [5.41, 5.74) is 2.53. The van der Waals surface area contributed by atoms with Gasteiger partial charge in [-0.2, -0.15) is 0 Å². The predicted octanol–water partition coefficient (Wildman–Crippen LogP) is 3.54. The fraction of sp³-hybridized carbons (Fsp3) is 0.550. The van der Waals surface area contributed by atoms with Crippen LogP contribution >= 0.6 is 0 Å². The van der Waals surface area contributed by atoms with Gasteiger partial charge >= 0.3 is 0 Å². The third kappa shape index (κ3) is 3.92. The first-order valence-corrected chi connectivity index (χ1v) is 9.26. The van der Waals surface area contributed by atoms with Crippen molar-refractivity contribution in [2.45, 2.75) is 45.6 Å². The molecule has 4 heteroatoms. The number of benzene rings is 1. The maximum absolute atomic E-state index is 12.3. The Bertz CT molecular complexity index is 573. The van der Waals surface area contributed by atoms with Gasteiger partial charge in [0.05, 0.1) is 0 Å². The van der Waals surface area contributed by atoms with Crippen LogP contribution in [-0.2, 0) is 4.79 Å². The lowest BCUT2D eigenvalue weighted by molar-refractivity contribution is -0.126. The molecule has 4 nitrogen and oxygen atoms in total. The molecule has 2 aliphatic rings. The highest BCUT2D eigenvalue weighted by atomic mass is 16.1. The monoisotopic (exact) mass is 327 g/mol. The van der Waals surface area contributed by atoms with Crippen LogP contribution in [0.2, 0.25) is 0 Å². The molecule has 1 fully saturated rings. The molecule has 3 rings (SSSR count). The normalized spacial score (nSPS) is 19.6. The van der Waals surface area contributed by atoms with Crippen LogP contribution < -0.4 is 15.1 Å². The summed E-state index contributed by atoms with van der Waals surface area (Å²) in [6, 6.07) is 9.10. The molecule has 0 aromatic heterocycles. The Labute approximate surface area is 145 Å². The van der Waals surface area contributed by atoms with Crippen LogP contribution in [0.5, 0.6) is 0 Å². The van der Waals surface area contributed by atoms with Crippen molar-refractivity contribution in [1.82, 2.24) is 5.32 Å². The minimum absolute atomic E-state index is 0.171. The summed E-state index contributed by atoms with van der Waals surface area (Å²) < 4.78 is 0. The van der Waals surface area contributed by atoms with Gasteiger partial charge in [-0.25, -0.2) is 0 Å². The SMILES string of the molecule is CCC(C)NC(=O)C1CCN(c2ccc(N3C=CCC3)cc2)CC1. The number of carbonyl (C=O) groups is 1. The zero-order valence-electron chi connectivity index (χ0n) is 14.9. The molecule has 1 N–H and O–H groups in total. The molecule has 1 unspecified atom stereocenters. The Hall–Kier alpha value is -1.97. The number of rotatable bonds is 5. The average molecular weight is 327 g/mol. The molecular formula is C20H29N3O. The Morgan fingerprint density at radius 2 is 1.83 bits per heavy atom. The highest BCUT2D eigenvalue weighted by molar-refractivity contribution is 5.79. The van der Waals surface area contributed by atoms with E-state index in [0.29, 0.717) is 0 Å². The molecule has 2 aliphatic heterocycles. The Balaban J connectivity index is 1.53. The van der Waals surface area contributed by atoms with Gasteiger partial charge in [0.15, 0.2) is 0 Å². The maximum atomic E-state index is 12.3. The summed E-state index contributed by atoms with van der Waals surface area (Å²) in [6.45, 7) is 7.18. The van der Waals surface area contributed by atoms with Crippen LogP contribution in [0.1, 0.15) is 39.5 Å². The smallest absolute Gasteiger partial charge is 0.223 e. The van der Waals surface area contributed by atoms with Crippen LogP contribution in [-0.4, -0.2) is 31.6 Å². The number of nitrogens with zero attached hydrogens (tertiary/aromatic N) is 2. The van der Waals surface area contributed by atoms with Gasteiger partial charge in [-0.3, -0.25) is 4.79 Å². The van der Waals surface area contributed by atoms with E-state index >= 15 is 0 Å². The molecule has 1 saturated heterocycles. The lowest BCUT2D eigenvalue weighted by Crippen LogP contribution is -2.43. The van der Waals surface area contributed by atoms with Crippen LogP contribution in [0.15, 0.2) is 36.5 Å². The standard InChI is InChI=1S/C20H29N3O/c1-3-16(2)21-20(24)17-10-14-23(15-11-17)19-8-6-18(7-9-19)22-12-4-5-13-22/h4,6-9,12,16-17H,3,5,10-11,13-15H2,1-2H3,(H,21,24). The van der Waals surface area contributed by atoms with Crippen molar-refractivity contribution in [1.29, 1.82) is 0 Å². The van der Waals surface area contributed by atoms with Crippen LogP contribution in [0.25, 0.3) is 0 Å². The number of nitrogens with one attached hydrogen (secondary N) is 1. The molecule has 1 amide bonds. The molecule has 2 heterocycles. The Morgan fingerprint density at radius 3 is 2.42 bits per heavy atom. The Kier molecular flexibility index (Phi) is 5.44. The van der Waals surface area contributed by atoms with Crippen LogP contribution in [0.4, 0.5) is 11.4 Å². The fourth-order valence-electron chi connectivity index (χ4n) is 3.42. The third-order valence-corrected chi connectivity index (χ3v) is 5.24. The summed E-state index contributed by atoms with van der Waals surface area (Å²) in [7, 11) is 0. The van der Waals surface area contributed by atoms with E-state index in [2.05, 4.69) is 65.5 Å². The zero-order valence-corrected chi connectivity index (χ0v) is 14.9. The summed E-state index contributed by atoms with van der Waals surface area (Å²) in [6.07, 6.45) is 8.38. The lowest BCUT2D eigenvalue weighted by Gasteiger charge is -2.33. The summed E-state index contributed by atoms with van der Waals surface area (Å²) in [5.74, 6) is 0.407. The number of piperidine rings is 1. The van der Waals surface area contributed by atoms with E-state index in [1.54, 1.807) is 0 Å². The second-order valence-corrected chi connectivity index (χ2v) is 6.96. The highest BCUT2D eigenvalue weighted by Gasteiger charge is 2.25. The van der Waals surface area contributed by atoms with Crippen molar-refractivity contribution in [3.63, 3.8) is 0 Å². The van der Waals surface area contributed by atoms with Crippen LogP contribution in [0.3, 0.4) is 0 Å². The lowest BCUT2D eigenvalue weighted by atomic mass is 9.95. The second-order valence-electron chi connectivity index (χ2n) is 6.96. The van der Waals surface area contributed by atoms with Gasteiger partial charge in [0.25, 0.3) is 0 Å². The topological polar surface area (TPSA) is 35.6 Å². The molecule has 0 spiro atoms. The number of hydrogen-bond donors (Lipinski definition) is 1. The van der Waals surface area contributed by atoms with E-state index in [1.165, 1.54) is 11.4 Å². The van der Waals surface area contributed by atoms with Gasteiger partial charge in [-0.1, -0.05) is 13.0 Å². The predicted molar refractivity (Wildman–Crippen MR) is 100 cm³/mol. The molecule has 0 aliphatic carbocycles. The van der Waals surface area contributed by atoms with Gasteiger partial charge in [0.2, 0.25) is 5.91 Å². The Morgan fingerprint density at radius 1 is 1.17 bits per heavy atom. The van der Waals surface area contributed by atoms with E-state index in [0.717, 1.165) is 45.3 Å². The summed E-state index contributed by atoms with van der Waals surface area (Å²) in [5, 5.41) is 3.12. The molecule has 0 radical (unpaired) electrons. The van der Waals surface area contributed by atoms with E-state index < -0.39 is 0 Å². The van der Waals surface area contributed by atoms with E-state index in [1.807, 2.05) is 0 Å². The largest absolute Gasteiger partial charge is 0.371 e.